The first kappa shape index (κ1) is 21.9. The number of amides is 4. The highest BCUT2D eigenvalue weighted by molar-refractivity contribution is 6.03. The van der Waals surface area contributed by atoms with Gasteiger partial charge < -0.3 is 15.4 Å². The number of alkyl carbamates (subject to hydrolysis) is 1. The minimum absolute atomic E-state index is 0.119. The highest BCUT2D eigenvalue weighted by atomic mass is 16.6. The normalized spacial score (nSPS) is 16.2. The number of nitrogens with one attached hydrogen (secondary N) is 3. The first-order valence-corrected chi connectivity index (χ1v) is 9.21. The molecule has 1 aliphatic rings. The highest BCUT2D eigenvalue weighted by Gasteiger charge is 2.28. The molecule has 0 saturated carbocycles. The summed E-state index contributed by atoms with van der Waals surface area (Å²) >= 11 is 0. The summed E-state index contributed by atoms with van der Waals surface area (Å²) in [6, 6.07) is 4.03. The molecule has 1 saturated heterocycles. The number of nitrogens with zero attached hydrogens (tertiary/aromatic N) is 1. The van der Waals surface area contributed by atoms with Crippen LogP contribution in [0.3, 0.4) is 0 Å². The van der Waals surface area contributed by atoms with Gasteiger partial charge in [-0.25, -0.2) is 9.78 Å². The Morgan fingerprint density at radius 2 is 2.07 bits per heavy atom. The van der Waals surface area contributed by atoms with Crippen molar-refractivity contribution in [2.24, 2.45) is 0 Å². The molecule has 29 heavy (non-hydrogen) atoms. The SMILES string of the molecule is CC(C)(C)OC(=O)NCCC#Cc1cccc(C(=O)NC2CCC(=O)NC2=O)n1. The van der Waals surface area contributed by atoms with Gasteiger partial charge in [0.1, 0.15) is 23.0 Å². The molecule has 0 aromatic carbocycles. The van der Waals surface area contributed by atoms with Crippen LogP contribution in [0.1, 0.15) is 56.2 Å². The van der Waals surface area contributed by atoms with Crippen LogP contribution in [0.25, 0.3) is 0 Å². The fourth-order valence-electron chi connectivity index (χ4n) is 2.39. The molecule has 1 fully saturated rings. The second-order valence-corrected chi connectivity index (χ2v) is 7.37. The average molecular weight is 400 g/mol. The first-order valence-electron chi connectivity index (χ1n) is 9.21. The Labute approximate surface area is 169 Å². The first-order chi connectivity index (χ1) is 13.6. The molecule has 1 aromatic heterocycles. The van der Waals surface area contributed by atoms with Crippen molar-refractivity contribution < 1.29 is 23.9 Å². The summed E-state index contributed by atoms with van der Waals surface area (Å²) in [6.07, 6.45) is 0.297. The van der Waals surface area contributed by atoms with Crippen LogP contribution in [-0.2, 0) is 14.3 Å². The van der Waals surface area contributed by atoms with Crippen molar-refractivity contribution in [3.63, 3.8) is 0 Å². The average Bonchev–Trinajstić information content (AvgIpc) is 2.62. The number of hydrogen-bond acceptors (Lipinski definition) is 6. The molecule has 0 spiro atoms. The second kappa shape index (κ2) is 9.68. The predicted molar refractivity (Wildman–Crippen MR) is 104 cm³/mol. The Morgan fingerprint density at radius 1 is 1.31 bits per heavy atom. The van der Waals surface area contributed by atoms with Crippen molar-refractivity contribution in [2.75, 3.05) is 6.54 Å². The summed E-state index contributed by atoms with van der Waals surface area (Å²) in [5, 5.41) is 7.35. The van der Waals surface area contributed by atoms with Crippen molar-refractivity contribution in [3.05, 3.63) is 29.6 Å². The zero-order chi connectivity index (χ0) is 21.4. The third-order valence-corrected chi connectivity index (χ3v) is 3.66. The number of piperidine rings is 1. The zero-order valence-corrected chi connectivity index (χ0v) is 16.6. The third-order valence-electron chi connectivity index (χ3n) is 3.66. The standard InChI is InChI=1S/C20H24N4O5/c1-20(2,3)29-19(28)21-12-5-4-7-13-8-6-9-14(22-13)17(26)23-15-10-11-16(25)24-18(15)27/h6,8-9,15H,5,10-12H2,1-3H3,(H,21,28)(H,23,26)(H,24,25,27). The molecule has 0 radical (unpaired) electrons. The van der Waals surface area contributed by atoms with E-state index in [1.165, 1.54) is 6.07 Å². The number of hydrogen-bond donors (Lipinski definition) is 3. The van der Waals surface area contributed by atoms with Gasteiger partial charge in [-0.3, -0.25) is 19.7 Å². The summed E-state index contributed by atoms with van der Waals surface area (Å²) in [6.45, 7) is 5.65. The minimum atomic E-state index is -0.768. The molecule has 0 aliphatic carbocycles. The second-order valence-electron chi connectivity index (χ2n) is 7.37. The number of ether oxygens (including phenoxy) is 1. The summed E-state index contributed by atoms with van der Waals surface area (Å²) < 4.78 is 5.12. The van der Waals surface area contributed by atoms with Gasteiger partial charge in [0.2, 0.25) is 11.8 Å². The fraction of sp³-hybridized carbons (Fsp3) is 0.450. The van der Waals surface area contributed by atoms with Gasteiger partial charge >= 0.3 is 6.09 Å². The molecule has 1 unspecified atom stereocenters. The van der Waals surface area contributed by atoms with E-state index in [1.807, 2.05) is 0 Å². The third kappa shape index (κ3) is 7.62. The van der Waals surface area contributed by atoms with Crippen LogP contribution in [0.5, 0.6) is 0 Å². The van der Waals surface area contributed by atoms with Crippen molar-refractivity contribution in [1.29, 1.82) is 0 Å². The van der Waals surface area contributed by atoms with Crippen molar-refractivity contribution in [3.8, 4) is 11.8 Å². The van der Waals surface area contributed by atoms with E-state index in [4.69, 9.17) is 4.74 Å². The lowest BCUT2D eigenvalue weighted by molar-refractivity contribution is -0.134. The molecule has 0 bridgehead atoms. The lowest BCUT2D eigenvalue weighted by Crippen LogP contribution is -2.52. The van der Waals surface area contributed by atoms with Gasteiger partial charge in [-0.2, -0.15) is 0 Å². The van der Waals surface area contributed by atoms with Crippen LogP contribution in [0.2, 0.25) is 0 Å². The number of imide groups is 1. The van der Waals surface area contributed by atoms with Gasteiger partial charge in [0.25, 0.3) is 5.91 Å². The lowest BCUT2D eigenvalue weighted by Gasteiger charge is -2.21. The Balaban J connectivity index is 1.86. The van der Waals surface area contributed by atoms with Crippen LogP contribution in [0, 0.1) is 11.8 Å². The van der Waals surface area contributed by atoms with E-state index in [0.29, 0.717) is 18.7 Å². The maximum Gasteiger partial charge on any atom is 0.407 e. The molecule has 3 N–H and O–H groups in total. The summed E-state index contributed by atoms with van der Waals surface area (Å²) in [5.41, 5.74) is -0.0549. The lowest BCUT2D eigenvalue weighted by atomic mass is 10.1. The van der Waals surface area contributed by atoms with Crippen molar-refractivity contribution >= 4 is 23.8 Å². The summed E-state index contributed by atoms with van der Waals surface area (Å²) in [7, 11) is 0. The molecule has 4 amide bonds. The summed E-state index contributed by atoms with van der Waals surface area (Å²) in [4.78, 5) is 50.9. The van der Waals surface area contributed by atoms with E-state index in [0.717, 1.165) is 0 Å². The van der Waals surface area contributed by atoms with Gasteiger partial charge in [-0.15, -0.1) is 0 Å². The minimum Gasteiger partial charge on any atom is -0.444 e. The molecule has 9 nitrogen and oxygen atoms in total. The molecule has 2 heterocycles. The number of aromatic nitrogens is 1. The molecule has 1 atom stereocenters. The van der Waals surface area contributed by atoms with Gasteiger partial charge in [0.05, 0.1) is 0 Å². The quantitative estimate of drug-likeness (QED) is 0.391. The molecule has 154 valence electrons. The van der Waals surface area contributed by atoms with Crippen molar-refractivity contribution in [1.82, 2.24) is 20.9 Å². The molecule has 1 aromatic rings. The number of rotatable bonds is 4. The number of carbonyl (C=O) groups excluding carboxylic acids is 4. The van der Waals surface area contributed by atoms with E-state index in [-0.39, 0.29) is 24.4 Å². The smallest absolute Gasteiger partial charge is 0.407 e. The predicted octanol–water partition coefficient (Wildman–Crippen LogP) is 0.883. The van der Waals surface area contributed by atoms with E-state index in [2.05, 4.69) is 32.8 Å². The van der Waals surface area contributed by atoms with Gasteiger partial charge in [0.15, 0.2) is 0 Å². The van der Waals surface area contributed by atoms with Crippen LogP contribution in [0.15, 0.2) is 18.2 Å². The fourth-order valence-corrected chi connectivity index (χ4v) is 2.39. The van der Waals surface area contributed by atoms with Crippen LogP contribution < -0.4 is 16.0 Å². The van der Waals surface area contributed by atoms with E-state index in [9.17, 15) is 19.2 Å². The number of pyridine rings is 1. The molecular weight excluding hydrogens is 376 g/mol. The monoisotopic (exact) mass is 400 g/mol. The van der Waals surface area contributed by atoms with E-state index in [1.54, 1.807) is 32.9 Å². The largest absolute Gasteiger partial charge is 0.444 e. The Kier molecular flexibility index (Phi) is 7.31. The van der Waals surface area contributed by atoms with E-state index >= 15 is 0 Å². The molecule has 9 heteroatoms. The van der Waals surface area contributed by atoms with Crippen LogP contribution >= 0.6 is 0 Å². The molecule has 1 aliphatic heterocycles. The van der Waals surface area contributed by atoms with Crippen molar-refractivity contribution in [2.45, 2.75) is 51.7 Å². The van der Waals surface area contributed by atoms with Crippen LogP contribution in [-0.4, -0.2) is 47.0 Å². The molecular formula is C20H24N4O5. The van der Waals surface area contributed by atoms with Gasteiger partial charge in [-0.05, 0) is 45.2 Å². The maximum absolute atomic E-state index is 12.3. The topological polar surface area (TPSA) is 126 Å². The zero-order valence-electron chi connectivity index (χ0n) is 16.6. The number of carbonyl (C=O) groups is 4. The van der Waals surface area contributed by atoms with E-state index < -0.39 is 29.6 Å². The highest BCUT2D eigenvalue weighted by Crippen LogP contribution is 2.07. The van der Waals surface area contributed by atoms with Gasteiger partial charge in [0, 0.05) is 19.4 Å². The Morgan fingerprint density at radius 3 is 2.76 bits per heavy atom. The molecule has 2 rings (SSSR count). The van der Waals surface area contributed by atoms with Gasteiger partial charge in [-0.1, -0.05) is 12.0 Å². The Hall–Kier alpha value is -3.41. The maximum atomic E-state index is 12.3. The van der Waals surface area contributed by atoms with Crippen LogP contribution in [0.4, 0.5) is 4.79 Å². The summed E-state index contributed by atoms with van der Waals surface area (Å²) in [5.74, 6) is 4.29. The Bertz CT molecular complexity index is 864.